The molecule has 0 aromatic heterocycles. The summed E-state index contributed by atoms with van der Waals surface area (Å²) < 4.78 is 15.7. The molecular weight excluding hydrogens is 278 g/mol. The summed E-state index contributed by atoms with van der Waals surface area (Å²) in [4.78, 5) is 2.04. The van der Waals surface area contributed by atoms with Crippen LogP contribution in [0.5, 0.6) is 0 Å². The predicted molar refractivity (Wildman–Crippen MR) is 82.9 cm³/mol. The molecule has 0 aliphatic carbocycles. The second-order valence-corrected chi connectivity index (χ2v) is 5.52. The Kier molecular flexibility index (Phi) is 21.1. The topological polar surface area (TPSA) is 71.4 Å². The van der Waals surface area contributed by atoms with Gasteiger partial charge in [-0.2, -0.15) is 0 Å². The number of nitrogens with zero attached hydrogens (tertiary/aromatic N) is 1. The maximum Gasteiger partial charge on any atom is 0.484 e. The van der Waals surface area contributed by atoms with E-state index in [1.165, 1.54) is 0 Å². The van der Waals surface area contributed by atoms with Crippen molar-refractivity contribution >= 4 is 9.53 Å². The molecule has 0 atom stereocenters. The maximum atomic E-state index is 8.57. The first kappa shape index (κ1) is 22.3. The van der Waals surface area contributed by atoms with E-state index in [0.29, 0.717) is 32.9 Å². The van der Waals surface area contributed by atoms with Crippen molar-refractivity contribution in [3.63, 3.8) is 0 Å². The van der Waals surface area contributed by atoms with Crippen molar-refractivity contribution in [3.05, 3.63) is 0 Å². The highest BCUT2D eigenvalue weighted by Gasteiger charge is 2.11. The molecule has 0 bridgehead atoms. The van der Waals surface area contributed by atoms with Gasteiger partial charge in [0.15, 0.2) is 0 Å². The highest BCUT2D eigenvalue weighted by atomic mass is 28.3. The molecule has 0 heterocycles. The molecule has 0 aromatic carbocycles. The number of aliphatic hydroxyl groups excluding tert-OH is 2. The molecule has 2 N–H and O–H groups in total. The fourth-order valence-corrected chi connectivity index (χ4v) is 2.59. The predicted octanol–water partition coefficient (Wildman–Crippen LogP) is 0.496. The van der Waals surface area contributed by atoms with Crippen LogP contribution in [-0.4, -0.2) is 77.3 Å². The van der Waals surface area contributed by atoms with Crippen LogP contribution in [0.1, 0.15) is 34.1 Å². The van der Waals surface area contributed by atoms with Gasteiger partial charge in [0.1, 0.15) is 0 Å². The van der Waals surface area contributed by atoms with E-state index in [2.05, 4.69) is 6.92 Å². The van der Waals surface area contributed by atoms with Gasteiger partial charge in [0.2, 0.25) is 0 Å². The Morgan fingerprint density at radius 2 is 1.15 bits per heavy atom. The number of hydrogen-bond acceptors (Lipinski definition) is 6. The van der Waals surface area contributed by atoms with Crippen LogP contribution in [0.15, 0.2) is 0 Å². The van der Waals surface area contributed by atoms with Crippen LogP contribution < -0.4 is 0 Å². The summed E-state index contributed by atoms with van der Waals surface area (Å²) in [6, 6.07) is 0. The molecule has 0 aliphatic heterocycles. The zero-order chi connectivity index (χ0) is 15.6. The van der Waals surface area contributed by atoms with Gasteiger partial charge in [-0.15, -0.1) is 0 Å². The average Bonchev–Trinajstić information content (AvgIpc) is 2.41. The van der Waals surface area contributed by atoms with Crippen LogP contribution in [-0.2, 0) is 13.3 Å². The van der Waals surface area contributed by atoms with E-state index < -0.39 is 9.53 Å². The molecule has 0 amide bonds. The summed E-state index contributed by atoms with van der Waals surface area (Å²) in [7, 11) is -1.73. The minimum atomic E-state index is -1.73. The molecule has 7 heteroatoms. The lowest BCUT2D eigenvalue weighted by atomic mass is 10.4. The Morgan fingerprint density at radius 1 is 0.750 bits per heavy atom. The third-order valence-electron chi connectivity index (χ3n) is 2.28. The lowest BCUT2D eigenvalue weighted by molar-refractivity contribution is 0.107. The molecule has 0 saturated carbocycles. The Bertz CT molecular complexity index is 130. The third-order valence-corrected chi connectivity index (χ3v) is 4.10. The van der Waals surface area contributed by atoms with Gasteiger partial charge in [-0.25, -0.2) is 0 Å². The van der Waals surface area contributed by atoms with Crippen molar-refractivity contribution in [2.45, 2.75) is 34.1 Å². The fourth-order valence-electron chi connectivity index (χ4n) is 1.49. The normalized spacial score (nSPS) is 10.8. The van der Waals surface area contributed by atoms with Crippen molar-refractivity contribution < 1.29 is 23.5 Å². The van der Waals surface area contributed by atoms with E-state index in [-0.39, 0.29) is 13.2 Å². The molecule has 0 unspecified atom stereocenters. The first-order chi connectivity index (χ1) is 9.69. The van der Waals surface area contributed by atoms with Crippen molar-refractivity contribution in [2.75, 3.05) is 52.7 Å². The van der Waals surface area contributed by atoms with Crippen LogP contribution in [0.4, 0.5) is 0 Å². The molecule has 0 fully saturated rings. The van der Waals surface area contributed by atoms with E-state index in [0.717, 1.165) is 13.0 Å². The van der Waals surface area contributed by atoms with Crippen molar-refractivity contribution in [3.8, 4) is 0 Å². The highest BCUT2D eigenvalue weighted by molar-refractivity contribution is 6.36. The molecular formula is C13H33NO5Si. The van der Waals surface area contributed by atoms with Crippen LogP contribution in [0.2, 0.25) is 0 Å². The molecule has 0 saturated heterocycles. The van der Waals surface area contributed by atoms with Crippen LogP contribution in [0.25, 0.3) is 0 Å². The van der Waals surface area contributed by atoms with Gasteiger partial charge >= 0.3 is 9.53 Å². The molecule has 0 aromatic rings. The summed E-state index contributed by atoms with van der Waals surface area (Å²) in [6.07, 6.45) is 1.07. The molecule has 6 nitrogen and oxygen atoms in total. The van der Waals surface area contributed by atoms with Gasteiger partial charge in [0.05, 0.1) is 13.2 Å². The van der Waals surface area contributed by atoms with Crippen molar-refractivity contribution in [1.29, 1.82) is 0 Å². The average molecular weight is 311 g/mol. The van der Waals surface area contributed by atoms with Gasteiger partial charge in [-0.3, -0.25) is 4.90 Å². The molecule has 0 aliphatic rings. The highest BCUT2D eigenvalue weighted by Crippen LogP contribution is 1.91. The monoisotopic (exact) mass is 311 g/mol. The number of aliphatic hydroxyl groups is 2. The second-order valence-electron chi connectivity index (χ2n) is 3.94. The number of rotatable bonds is 12. The standard InChI is InChI=1S/C7H17NO2.C6H16O3Si/c1-2-3-8(4-6-9)5-7-10;1-4-7-10(8-5-2)9-6-3/h9-10H,2-7H2,1H3;10H,4-6H2,1-3H3. The molecule has 20 heavy (non-hydrogen) atoms. The summed E-state index contributed by atoms with van der Waals surface area (Å²) >= 11 is 0. The first-order valence-corrected chi connectivity index (χ1v) is 8.90. The van der Waals surface area contributed by atoms with Crippen molar-refractivity contribution in [2.24, 2.45) is 0 Å². The molecule has 0 radical (unpaired) electrons. The summed E-state index contributed by atoms with van der Waals surface area (Å²) in [6.45, 7) is 12.6. The lowest BCUT2D eigenvalue weighted by Crippen LogP contribution is -2.30. The SMILES string of the molecule is CCCN(CCO)CCO.CCO[SiH](OCC)OCC. The van der Waals surface area contributed by atoms with Gasteiger partial charge in [0, 0.05) is 32.9 Å². The minimum Gasteiger partial charge on any atom is -0.395 e. The van der Waals surface area contributed by atoms with E-state index >= 15 is 0 Å². The molecule has 0 rings (SSSR count). The Hall–Kier alpha value is -0.0231. The quantitative estimate of drug-likeness (QED) is 0.511. The van der Waals surface area contributed by atoms with E-state index in [1.807, 2.05) is 25.7 Å². The Balaban J connectivity index is 0. The van der Waals surface area contributed by atoms with Crippen LogP contribution in [0, 0.1) is 0 Å². The smallest absolute Gasteiger partial charge is 0.395 e. The Labute approximate surface area is 125 Å². The lowest BCUT2D eigenvalue weighted by Gasteiger charge is -2.18. The van der Waals surface area contributed by atoms with Gasteiger partial charge in [-0.05, 0) is 33.7 Å². The third kappa shape index (κ3) is 16.0. The van der Waals surface area contributed by atoms with Crippen LogP contribution in [0.3, 0.4) is 0 Å². The molecule has 124 valence electrons. The summed E-state index contributed by atoms with van der Waals surface area (Å²) in [5, 5.41) is 17.1. The summed E-state index contributed by atoms with van der Waals surface area (Å²) in [5.41, 5.74) is 0. The molecule has 0 spiro atoms. The van der Waals surface area contributed by atoms with Crippen molar-refractivity contribution in [1.82, 2.24) is 4.90 Å². The zero-order valence-electron chi connectivity index (χ0n) is 13.5. The van der Waals surface area contributed by atoms with Gasteiger partial charge in [0.25, 0.3) is 0 Å². The second kappa shape index (κ2) is 19.0. The van der Waals surface area contributed by atoms with Crippen LogP contribution >= 0.6 is 0 Å². The summed E-state index contributed by atoms with van der Waals surface area (Å²) in [5.74, 6) is 0. The maximum absolute atomic E-state index is 8.57. The first-order valence-electron chi connectivity index (χ1n) is 7.48. The van der Waals surface area contributed by atoms with E-state index in [4.69, 9.17) is 23.5 Å². The van der Waals surface area contributed by atoms with Gasteiger partial charge in [-0.1, -0.05) is 6.92 Å². The fraction of sp³-hybridized carbons (Fsp3) is 1.00. The largest absolute Gasteiger partial charge is 0.484 e. The Morgan fingerprint density at radius 3 is 1.40 bits per heavy atom. The van der Waals surface area contributed by atoms with E-state index in [1.54, 1.807) is 0 Å². The van der Waals surface area contributed by atoms with Gasteiger partial charge < -0.3 is 23.5 Å². The van der Waals surface area contributed by atoms with E-state index in [9.17, 15) is 0 Å². The minimum absolute atomic E-state index is 0.181. The zero-order valence-corrected chi connectivity index (χ0v) is 14.7. The number of hydrogen-bond donors (Lipinski definition) is 2.